The van der Waals surface area contributed by atoms with Gasteiger partial charge in [-0.05, 0) is 17.2 Å². The number of fused-ring (bicyclic) bond motifs is 1. The molecule has 1 N–H and O–H groups in total. The van der Waals surface area contributed by atoms with Crippen LogP contribution in [-0.2, 0) is 0 Å². The maximum atomic E-state index is 13.1. The van der Waals surface area contributed by atoms with Crippen molar-refractivity contribution >= 4 is 17.1 Å². The van der Waals surface area contributed by atoms with Gasteiger partial charge in [-0.1, -0.05) is 36.9 Å². The van der Waals surface area contributed by atoms with Crippen LogP contribution in [0.3, 0.4) is 0 Å². The van der Waals surface area contributed by atoms with E-state index in [0.717, 1.165) is 16.5 Å². The number of benzene rings is 1. The molecule has 0 aliphatic heterocycles. The predicted molar refractivity (Wildman–Crippen MR) is 76.6 cm³/mol. The predicted octanol–water partition coefficient (Wildman–Crippen LogP) is 4.81. The average Bonchev–Trinajstić information content (AvgIpc) is 2.89. The van der Waals surface area contributed by atoms with Crippen molar-refractivity contribution in [1.29, 1.82) is 0 Å². The van der Waals surface area contributed by atoms with Crippen LogP contribution in [0.4, 0.5) is 8.78 Å². The zero-order valence-corrected chi connectivity index (χ0v) is 10.6. The van der Waals surface area contributed by atoms with Crippen LogP contribution in [0, 0.1) is 0 Å². The Balaban J connectivity index is 2.27. The zero-order chi connectivity index (χ0) is 14.1. The van der Waals surface area contributed by atoms with Crippen LogP contribution < -0.4 is 0 Å². The molecule has 0 saturated carbocycles. The lowest BCUT2D eigenvalue weighted by Crippen LogP contribution is -1.89. The van der Waals surface area contributed by atoms with E-state index in [1.54, 1.807) is 36.7 Å². The molecule has 0 spiro atoms. The molecular weight excluding hydrogens is 258 g/mol. The number of rotatable bonds is 3. The van der Waals surface area contributed by atoms with E-state index in [1.165, 1.54) is 6.07 Å². The first-order valence-electron chi connectivity index (χ1n) is 6.17. The molecule has 2 heterocycles. The topological polar surface area (TPSA) is 28.7 Å². The molecule has 1 aromatic carbocycles. The van der Waals surface area contributed by atoms with Gasteiger partial charge in [0.05, 0.1) is 0 Å². The molecule has 0 radical (unpaired) electrons. The lowest BCUT2D eigenvalue weighted by molar-refractivity contribution is 0.152. The monoisotopic (exact) mass is 270 g/mol. The molecule has 4 heteroatoms. The number of aromatic amines is 1. The third-order valence-corrected chi connectivity index (χ3v) is 3.27. The van der Waals surface area contributed by atoms with E-state index in [1.807, 2.05) is 6.07 Å². The summed E-state index contributed by atoms with van der Waals surface area (Å²) in [5, 5.41) is 0.815. The van der Waals surface area contributed by atoms with Gasteiger partial charge in [0.1, 0.15) is 5.65 Å². The first-order chi connectivity index (χ1) is 9.70. The Morgan fingerprint density at radius 1 is 1.20 bits per heavy atom. The van der Waals surface area contributed by atoms with Crippen LogP contribution in [0.25, 0.3) is 28.2 Å². The highest BCUT2D eigenvalue weighted by Gasteiger charge is 2.16. The van der Waals surface area contributed by atoms with Crippen molar-refractivity contribution < 1.29 is 8.78 Å². The van der Waals surface area contributed by atoms with Crippen LogP contribution in [0.5, 0.6) is 0 Å². The van der Waals surface area contributed by atoms with Gasteiger partial charge in [0.25, 0.3) is 6.43 Å². The standard InChI is InChI=1S/C16H12F2N2/c1-2-10-7-13-14(9-20-16(13)19-8-10)11-5-3-4-6-12(11)15(17)18/h2-9,15H,1H2,(H,19,20). The number of nitrogens with zero attached hydrogens (tertiary/aromatic N) is 1. The number of H-pyrrole nitrogens is 1. The van der Waals surface area contributed by atoms with Crippen molar-refractivity contribution in [3.8, 4) is 11.1 Å². The van der Waals surface area contributed by atoms with Gasteiger partial charge in [0.15, 0.2) is 0 Å². The summed E-state index contributed by atoms with van der Waals surface area (Å²) in [7, 11) is 0. The molecule has 20 heavy (non-hydrogen) atoms. The molecule has 0 aliphatic rings. The summed E-state index contributed by atoms with van der Waals surface area (Å²) in [4.78, 5) is 7.27. The molecule has 0 bridgehead atoms. The van der Waals surface area contributed by atoms with Gasteiger partial charge >= 0.3 is 0 Å². The molecule has 3 rings (SSSR count). The first-order valence-corrected chi connectivity index (χ1v) is 6.17. The van der Waals surface area contributed by atoms with E-state index >= 15 is 0 Å². The largest absolute Gasteiger partial charge is 0.346 e. The summed E-state index contributed by atoms with van der Waals surface area (Å²) in [5.74, 6) is 0. The first kappa shape index (κ1) is 12.5. The quantitative estimate of drug-likeness (QED) is 0.726. The maximum absolute atomic E-state index is 13.1. The molecule has 100 valence electrons. The van der Waals surface area contributed by atoms with Gasteiger partial charge in [0, 0.05) is 28.9 Å². The third kappa shape index (κ3) is 1.99. The molecule has 0 atom stereocenters. The maximum Gasteiger partial charge on any atom is 0.264 e. The van der Waals surface area contributed by atoms with Crippen molar-refractivity contribution in [2.24, 2.45) is 0 Å². The van der Waals surface area contributed by atoms with Crippen molar-refractivity contribution in [1.82, 2.24) is 9.97 Å². The number of nitrogens with one attached hydrogen (secondary N) is 1. The number of pyridine rings is 1. The highest BCUT2D eigenvalue weighted by atomic mass is 19.3. The minimum atomic E-state index is -2.51. The molecule has 3 aromatic rings. The lowest BCUT2D eigenvalue weighted by atomic mass is 9.99. The van der Waals surface area contributed by atoms with Gasteiger partial charge in [-0.15, -0.1) is 0 Å². The molecule has 0 unspecified atom stereocenters. The Labute approximate surface area is 114 Å². The van der Waals surface area contributed by atoms with Gasteiger partial charge in [-0.2, -0.15) is 0 Å². The molecular formula is C16H12F2N2. The normalized spacial score (nSPS) is 11.2. The van der Waals surface area contributed by atoms with Gasteiger partial charge in [-0.25, -0.2) is 13.8 Å². The third-order valence-electron chi connectivity index (χ3n) is 3.27. The van der Waals surface area contributed by atoms with Crippen LogP contribution >= 0.6 is 0 Å². The van der Waals surface area contributed by atoms with Crippen molar-refractivity contribution in [3.05, 3.63) is 60.4 Å². The second-order valence-corrected chi connectivity index (χ2v) is 4.46. The fourth-order valence-electron chi connectivity index (χ4n) is 2.29. The Morgan fingerprint density at radius 3 is 2.75 bits per heavy atom. The van der Waals surface area contributed by atoms with E-state index in [-0.39, 0.29) is 5.56 Å². The molecule has 2 aromatic heterocycles. The summed E-state index contributed by atoms with van der Waals surface area (Å²) in [5.41, 5.74) is 2.81. The number of aromatic nitrogens is 2. The van der Waals surface area contributed by atoms with Crippen LogP contribution in [-0.4, -0.2) is 9.97 Å². The molecule has 2 nitrogen and oxygen atoms in total. The van der Waals surface area contributed by atoms with Crippen LogP contribution in [0.1, 0.15) is 17.6 Å². The molecule has 0 fully saturated rings. The second kappa shape index (κ2) is 4.89. The summed E-state index contributed by atoms with van der Waals surface area (Å²) in [6.07, 6.45) is 2.58. The van der Waals surface area contributed by atoms with Crippen LogP contribution in [0.2, 0.25) is 0 Å². The van der Waals surface area contributed by atoms with Crippen molar-refractivity contribution in [2.45, 2.75) is 6.43 Å². The fourth-order valence-corrected chi connectivity index (χ4v) is 2.29. The second-order valence-electron chi connectivity index (χ2n) is 4.46. The van der Waals surface area contributed by atoms with E-state index in [0.29, 0.717) is 11.2 Å². The number of hydrogen-bond acceptors (Lipinski definition) is 1. The lowest BCUT2D eigenvalue weighted by Gasteiger charge is -2.07. The number of hydrogen-bond donors (Lipinski definition) is 1. The van der Waals surface area contributed by atoms with E-state index in [4.69, 9.17) is 0 Å². The zero-order valence-electron chi connectivity index (χ0n) is 10.6. The molecule has 0 aliphatic carbocycles. The van der Waals surface area contributed by atoms with Gasteiger partial charge in [-0.3, -0.25) is 0 Å². The fraction of sp³-hybridized carbons (Fsp3) is 0.0625. The Kier molecular flexibility index (Phi) is 3.06. The van der Waals surface area contributed by atoms with Crippen molar-refractivity contribution in [3.63, 3.8) is 0 Å². The minimum absolute atomic E-state index is 0.0254. The van der Waals surface area contributed by atoms with E-state index < -0.39 is 6.43 Å². The average molecular weight is 270 g/mol. The Morgan fingerprint density at radius 2 is 2.00 bits per heavy atom. The summed E-state index contributed by atoms with van der Waals surface area (Å²) >= 11 is 0. The summed E-state index contributed by atoms with van der Waals surface area (Å²) < 4.78 is 26.2. The molecule has 0 saturated heterocycles. The Hall–Kier alpha value is -2.49. The summed E-state index contributed by atoms with van der Waals surface area (Å²) in [6.45, 7) is 3.70. The Bertz CT molecular complexity index is 775. The van der Waals surface area contributed by atoms with Crippen LogP contribution in [0.15, 0.2) is 49.3 Å². The highest BCUT2D eigenvalue weighted by molar-refractivity contribution is 5.95. The number of alkyl halides is 2. The molecule has 0 amide bonds. The number of halogens is 2. The highest BCUT2D eigenvalue weighted by Crippen LogP contribution is 2.35. The van der Waals surface area contributed by atoms with Crippen molar-refractivity contribution in [2.75, 3.05) is 0 Å². The van der Waals surface area contributed by atoms with E-state index in [9.17, 15) is 8.78 Å². The minimum Gasteiger partial charge on any atom is -0.346 e. The smallest absolute Gasteiger partial charge is 0.264 e. The SMILES string of the molecule is C=Cc1cnc2[nH]cc(-c3ccccc3C(F)F)c2c1. The van der Waals surface area contributed by atoms with Gasteiger partial charge in [0.2, 0.25) is 0 Å². The van der Waals surface area contributed by atoms with Gasteiger partial charge < -0.3 is 4.98 Å². The van der Waals surface area contributed by atoms with E-state index in [2.05, 4.69) is 16.5 Å². The summed E-state index contributed by atoms with van der Waals surface area (Å²) in [6, 6.07) is 8.41.